The van der Waals surface area contributed by atoms with E-state index >= 15 is 0 Å². The third kappa shape index (κ3) is 2.52. The van der Waals surface area contributed by atoms with Gasteiger partial charge >= 0.3 is 0 Å². The maximum absolute atomic E-state index is 5.72. The molecule has 2 N–H and O–H groups in total. The lowest BCUT2D eigenvalue weighted by Crippen LogP contribution is -1.91. The minimum Gasteiger partial charge on any atom is -0.399 e. The Morgan fingerprint density at radius 1 is 1.19 bits per heavy atom. The second-order valence-corrected chi connectivity index (χ2v) is 4.60. The molecule has 0 aliphatic rings. The van der Waals surface area contributed by atoms with Crippen molar-refractivity contribution in [3.63, 3.8) is 0 Å². The van der Waals surface area contributed by atoms with Crippen LogP contribution in [-0.2, 0) is 0 Å². The highest BCUT2D eigenvalue weighted by molar-refractivity contribution is 7.99. The number of thioether (sulfide) groups is 1. The fourth-order valence-corrected chi connectivity index (χ4v) is 1.96. The Morgan fingerprint density at radius 2 is 2.06 bits per heavy atom. The topological polar surface area (TPSA) is 51.8 Å². The van der Waals surface area contributed by atoms with Gasteiger partial charge in [0.25, 0.3) is 0 Å². The lowest BCUT2D eigenvalue weighted by Gasteiger charge is -2.02. The Labute approximate surface area is 99.1 Å². The van der Waals surface area contributed by atoms with Crippen molar-refractivity contribution >= 4 is 17.4 Å². The molecule has 1 heterocycles. The lowest BCUT2D eigenvalue weighted by atomic mass is 10.1. The largest absolute Gasteiger partial charge is 0.399 e. The lowest BCUT2D eigenvalue weighted by molar-refractivity contribution is 0.936. The van der Waals surface area contributed by atoms with Gasteiger partial charge in [-0.3, -0.25) is 0 Å². The molecule has 3 nitrogen and oxygen atoms in total. The standard InChI is InChI=1S/C12H13N3S/c1-2-16-12-7-6-11(14-15-12)9-4-3-5-10(13)8-9/h3-8H,2,13H2,1H3. The van der Waals surface area contributed by atoms with Gasteiger partial charge in [-0.25, -0.2) is 0 Å². The van der Waals surface area contributed by atoms with Gasteiger partial charge in [-0.15, -0.1) is 22.0 Å². The van der Waals surface area contributed by atoms with E-state index < -0.39 is 0 Å². The van der Waals surface area contributed by atoms with Gasteiger partial charge in [0.15, 0.2) is 0 Å². The third-order valence-corrected chi connectivity index (χ3v) is 2.92. The first-order valence-corrected chi connectivity index (χ1v) is 6.10. The van der Waals surface area contributed by atoms with Crippen LogP contribution in [0.25, 0.3) is 11.3 Å². The second-order valence-electron chi connectivity index (χ2n) is 3.32. The summed E-state index contributed by atoms with van der Waals surface area (Å²) in [5, 5.41) is 9.28. The Balaban J connectivity index is 2.27. The summed E-state index contributed by atoms with van der Waals surface area (Å²) in [4.78, 5) is 0. The predicted octanol–water partition coefficient (Wildman–Crippen LogP) is 2.84. The molecule has 0 aliphatic heterocycles. The molecule has 0 bridgehead atoms. The summed E-state index contributed by atoms with van der Waals surface area (Å²) in [7, 11) is 0. The first kappa shape index (κ1) is 11.0. The van der Waals surface area contributed by atoms with Crippen molar-refractivity contribution in [1.82, 2.24) is 10.2 Å². The average Bonchev–Trinajstić information content (AvgIpc) is 2.30. The summed E-state index contributed by atoms with van der Waals surface area (Å²) in [6.45, 7) is 2.10. The van der Waals surface area contributed by atoms with Crippen LogP contribution in [0.2, 0.25) is 0 Å². The smallest absolute Gasteiger partial charge is 0.119 e. The summed E-state index contributed by atoms with van der Waals surface area (Å²) >= 11 is 1.68. The summed E-state index contributed by atoms with van der Waals surface area (Å²) < 4.78 is 0. The molecule has 1 aromatic carbocycles. The van der Waals surface area contributed by atoms with Crippen LogP contribution in [-0.4, -0.2) is 16.0 Å². The number of hydrogen-bond acceptors (Lipinski definition) is 4. The number of anilines is 1. The molecule has 0 aliphatic carbocycles. The van der Waals surface area contributed by atoms with Crippen LogP contribution in [0.1, 0.15) is 6.92 Å². The van der Waals surface area contributed by atoms with Gasteiger partial charge in [0.1, 0.15) is 5.03 Å². The van der Waals surface area contributed by atoms with E-state index in [2.05, 4.69) is 17.1 Å². The van der Waals surface area contributed by atoms with Crippen molar-refractivity contribution in [3.8, 4) is 11.3 Å². The van der Waals surface area contributed by atoms with Gasteiger partial charge < -0.3 is 5.73 Å². The Kier molecular flexibility index (Phi) is 3.41. The minimum absolute atomic E-state index is 0.742. The zero-order valence-electron chi connectivity index (χ0n) is 9.05. The zero-order chi connectivity index (χ0) is 11.4. The van der Waals surface area contributed by atoms with Crippen LogP contribution in [0.3, 0.4) is 0 Å². The molecule has 0 radical (unpaired) electrons. The molecule has 2 aromatic rings. The highest BCUT2D eigenvalue weighted by atomic mass is 32.2. The monoisotopic (exact) mass is 231 g/mol. The first-order chi connectivity index (χ1) is 7.79. The highest BCUT2D eigenvalue weighted by Gasteiger charge is 2.01. The zero-order valence-corrected chi connectivity index (χ0v) is 9.87. The highest BCUT2D eigenvalue weighted by Crippen LogP contribution is 2.20. The molecule has 0 saturated heterocycles. The number of rotatable bonds is 3. The Morgan fingerprint density at radius 3 is 2.69 bits per heavy atom. The van der Waals surface area contributed by atoms with Crippen LogP contribution in [0, 0.1) is 0 Å². The van der Waals surface area contributed by atoms with Gasteiger partial charge in [-0.05, 0) is 30.0 Å². The van der Waals surface area contributed by atoms with E-state index in [1.165, 1.54) is 0 Å². The molecular weight excluding hydrogens is 218 g/mol. The van der Waals surface area contributed by atoms with Gasteiger partial charge in [0.05, 0.1) is 5.69 Å². The van der Waals surface area contributed by atoms with E-state index in [0.717, 1.165) is 27.7 Å². The molecule has 0 amide bonds. The summed E-state index contributed by atoms with van der Waals surface area (Å²) in [6, 6.07) is 11.6. The Bertz CT molecular complexity index is 468. The van der Waals surface area contributed by atoms with Crippen molar-refractivity contribution in [2.45, 2.75) is 11.9 Å². The molecular formula is C12H13N3S. The van der Waals surface area contributed by atoms with Crippen LogP contribution in [0.4, 0.5) is 5.69 Å². The van der Waals surface area contributed by atoms with E-state index in [4.69, 9.17) is 5.73 Å². The molecule has 2 rings (SSSR count). The van der Waals surface area contributed by atoms with Crippen molar-refractivity contribution in [2.24, 2.45) is 0 Å². The third-order valence-electron chi connectivity index (χ3n) is 2.11. The molecule has 82 valence electrons. The van der Waals surface area contributed by atoms with E-state index in [1.807, 2.05) is 36.4 Å². The molecule has 0 spiro atoms. The van der Waals surface area contributed by atoms with Crippen LogP contribution < -0.4 is 5.73 Å². The Hall–Kier alpha value is -1.55. The summed E-state index contributed by atoms with van der Waals surface area (Å²) in [5.74, 6) is 1.01. The van der Waals surface area contributed by atoms with Gasteiger partial charge in [-0.2, -0.15) is 0 Å². The molecule has 0 fully saturated rings. The van der Waals surface area contributed by atoms with E-state index in [-0.39, 0.29) is 0 Å². The van der Waals surface area contributed by atoms with Crippen LogP contribution in [0.15, 0.2) is 41.4 Å². The summed E-state index contributed by atoms with van der Waals surface area (Å²) in [5.41, 5.74) is 8.32. The fourth-order valence-electron chi connectivity index (χ4n) is 1.40. The normalized spacial score (nSPS) is 10.3. The van der Waals surface area contributed by atoms with E-state index in [0.29, 0.717) is 0 Å². The predicted molar refractivity (Wildman–Crippen MR) is 68.3 cm³/mol. The molecule has 16 heavy (non-hydrogen) atoms. The second kappa shape index (κ2) is 4.99. The fraction of sp³-hybridized carbons (Fsp3) is 0.167. The molecule has 0 unspecified atom stereocenters. The number of nitrogen functional groups attached to an aromatic ring is 1. The van der Waals surface area contributed by atoms with Crippen molar-refractivity contribution in [2.75, 3.05) is 11.5 Å². The van der Waals surface area contributed by atoms with Crippen LogP contribution in [0.5, 0.6) is 0 Å². The molecule has 4 heteroatoms. The minimum atomic E-state index is 0.742. The molecule has 0 saturated carbocycles. The maximum atomic E-state index is 5.72. The number of hydrogen-bond donors (Lipinski definition) is 1. The summed E-state index contributed by atoms with van der Waals surface area (Å²) in [6.07, 6.45) is 0. The van der Waals surface area contributed by atoms with E-state index in [9.17, 15) is 0 Å². The van der Waals surface area contributed by atoms with Crippen molar-refractivity contribution in [3.05, 3.63) is 36.4 Å². The number of aromatic nitrogens is 2. The SMILES string of the molecule is CCSc1ccc(-c2cccc(N)c2)nn1. The number of benzene rings is 1. The average molecular weight is 231 g/mol. The van der Waals surface area contributed by atoms with Gasteiger partial charge in [0.2, 0.25) is 0 Å². The first-order valence-electron chi connectivity index (χ1n) is 5.12. The van der Waals surface area contributed by atoms with Gasteiger partial charge in [-0.1, -0.05) is 19.1 Å². The number of nitrogens with two attached hydrogens (primary N) is 1. The molecule has 0 atom stereocenters. The number of nitrogens with zero attached hydrogens (tertiary/aromatic N) is 2. The van der Waals surface area contributed by atoms with Crippen molar-refractivity contribution in [1.29, 1.82) is 0 Å². The van der Waals surface area contributed by atoms with Gasteiger partial charge in [0, 0.05) is 11.3 Å². The van der Waals surface area contributed by atoms with Crippen molar-refractivity contribution < 1.29 is 0 Å². The molecule has 1 aromatic heterocycles. The van der Waals surface area contributed by atoms with E-state index in [1.54, 1.807) is 11.8 Å². The maximum Gasteiger partial charge on any atom is 0.119 e. The quantitative estimate of drug-likeness (QED) is 0.652. The van der Waals surface area contributed by atoms with Crippen LogP contribution >= 0.6 is 11.8 Å².